The first-order valence-electron chi connectivity index (χ1n) is 8.14. The minimum Gasteiger partial charge on any atom is -0.493 e. The Kier molecular flexibility index (Phi) is 5.05. The van der Waals surface area contributed by atoms with Gasteiger partial charge >= 0.3 is 0 Å². The van der Waals surface area contributed by atoms with Crippen molar-refractivity contribution in [3.63, 3.8) is 0 Å². The van der Waals surface area contributed by atoms with Crippen LogP contribution in [0.1, 0.15) is 18.1 Å². The highest BCUT2D eigenvalue weighted by molar-refractivity contribution is 5.93. The van der Waals surface area contributed by atoms with Gasteiger partial charge in [0.2, 0.25) is 5.91 Å². The molecule has 0 fully saturated rings. The van der Waals surface area contributed by atoms with Crippen LogP contribution in [0, 0.1) is 12.3 Å². The zero-order chi connectivity index (χ0) is 17.6. The fourth-order valence-corrected chi connectivity index (χ4v) is 2.75. The van der Waals surface area contributed by atoms with E-state index in [1.165, 1.54) is 0 Å². The molecule has 0 unspecified atom stereocenters. The van der Waals surface area contributed by atoms with Gasteiger partial charge in [-0.2, -0.15) is 5.10 Å². The number of fused-ring (bicyclic) bond motifs is 1. The number of carbonyl (C=O) groups is 1. The van der Waals surface area contributed by atoms with Gasteiger partial charge in [-0.1, -0.05) is 12.0 Å². The van der Waals surface area contributed by atoms with Gasteiger partial charge in [-0.3, -0.25) is 9.48 Å². The average Bonchev–Trinajstić information content (AvgIpc) is 3.22. The van der Waals surface area contributed by atoms with Crippen molar-refractivity contribution in [2.45, 2.75) is 26.4 Å². The molecular formula is C19H20N4O2. The number of aromatic amines is 1. The maximum absolute atomic E-state index is 12.3. The maximum Gasteiger partial charge on any atom is 0.224 e. The van der Waals surface area contributed by atoms with Gasteiger partial charge < -0.3 is 15.0 Å². The molecule has 3 rings (SSSR count). The molecule has 0 aliphatic carbocycles. The van der Waals surface area contributed by atoms with E-state index in [1.807, 2.05) is 37.5 Å². The SMILES string of the molecule is C#CCn1cc(CNC(=O)Cc2c[nH]c3cccc(OCC)c23)cn1. The van der Waals surface area contributed by atoms with E-state index in [4.69, 9.17) is 11.2 Å². The number of benzene rings is 1. The predicted octanol–water partition coefficient (Wildman–Crippen LogP) is 2.26. The molecule has 0 saturated carbocycles. The van der Waals surface area contributed by atoms with Gasteiger partial charge in [0.1, 0.15) is 12.3 Å². The zero-order valence-electron chi connectivity index (χ0n) is 14.1. The van der Waals surface area contributed by atoms with Crippen LogP contribution in [0.4, 0.5) is 0 Å². The summed E-state index contributed by atoms with van der Waals surface area (Å²) in [4.78, 5) is 15.5. The molecule has 2 heterocycles. The smallest absolute Gasteiger partial charge is 0.224 e. The summed E-state index contributed by atoms with van der Waals surface area (Å²) in [6.45, 7) is 3.36. The molecular weight excluding hydrogens is 316 g/mol. The first kappa shape index (κ1) is 16.7. The summed E-state index contributed by atoms with van der Waals surface area (Å²) in [5.74, 6) is 3.26. The number of H-pyrrole nitrogens is 1. The van der Waals surface area contributed by atoms with E-state index in [2.05, 4.69) is 21.3 Å². The Morgan fingerprint density at radius 3 is 3.16 bits per heavy atom. The van der Waals surface area contributed by atoms with E-state index < -0.39 is 0 Å². The Morgan fingerprint density at radius 2 is 2.36 bits per heavy atom. The van der Waals surface area contributed by atoms with Crippen molar-refractivity contribution in [1.29, 1.82) is 0 Å². The third-order valence-corrected chi connectivity index (χ3v) is 3.83. The van der Waals surface area contributed by atoms with Crippen LogP contribution in [0.2, 0.25) is 0 Å². The van der Waals surface area contributed by atoms with E-state index in [1.54, 1.807) is 10.9 Å². The Morgan fingerprint density at radius 1 is 1.48 bits per heavy atom. The number of ether oxygens (including phenoxy) is 1. The molecule has 25 heavy (non-hydrogen) atoms. The number of carbonyl (C=O) groups excluding carboxylic acids is 1. The van der Waals surface area contributed by atoms with Crippen molar-refractivity contribution < 1.29 is 9.53 Å². The minimum atomic E-state index is -0.0584. The third-order valence-electron chi connectivity index (χ3n) is 3.83. The number of hydrogen-bond donors (Lipinski definition) is 2. The highest BCUT2D eigenvalue weighted by Gasteiger charge is 2.13. The molecule has 0 aliphatic heterocycles. The third kappa shape index (κ3) is 3.83. The molecule has 2 N–H and O–H groups in total. The Labute approximate surface area is 146 Å². The summed E-state index contributed by atoms with van der Waals surface area (Å²) in [5.41, 5.74) is 2.79. The van der Waals surface area contributed by atoms with E-state index in [9.17, 15) is 4.79 Å². The van der Waals surface area contributed by atoms with Crippen molar-refractivity contribution in [1.82, 2.24) is 20.1 Å². The number of nitrogens with one attached hydrogen (secondary N) is 2. The van der Waals surface area contributed by atoms with Crippen LogP contribution in [0.15, 0.2) is 36.8 Å². The summed E-state index contributed by atoms with van der Waals surface area (Å²) in [6, 6.07) is 5.82. The molecule has 128 valence electrons. The molecule has 0 bridgehead atoms. The number of terminal acetylenes is 1. The molecule has 0 saturated heterocycles. The van der Waals surface area contributed by atoms with Crippen LogP contribution in [-0.4, -0.2) is 27.3 Å². The molecule has 0 atom stereocenters. The summed E-state index contributed by atoms with van der Waals surface area (Å²) >= 11 is 0. The average molecular weight is 336 g/mol. The van der Waals surface area contributed by atoms with Crippen LogP contribution in [0.5, 0.6) is 5.75 Å². The summed E-state index contributed by atoms with van der Waals surface area (Å²) in [5, 5.41) is 8.00. The first-order chi connectivity index (χ1) is 12.2. The summed E-state index contributed by atoms with van der Waals surface area (Å²) in [7, 11) is 0. The molecule has 1 aromatic carbocycles. The van der Waals surface area contributed by atoms with E-state index >= 15 is 0 Å². The Hall–Kier alpha value is -3.20. The second-order valence-corrected chi connectivity index (χ2v) is 5.63. The van der Waals surface area contributed by atoms with Gasteiger partial charge in [0.25, 0.3) is 0 Å². The number of rotatable bonds is 7. The number of amides is 1. The van der Waals surface area contributed by atoms with Crippen molar-refractivity contribution in [3.8, 4) is 18.1 Å². The molecule has 0 aliphatic rings. The quantitative estimate of drug-likeness (QED) is 0.650. The summed E-state index contributed by atoms with van der Waals surface area (Å²) < 4.78 is 7.34. The van der Waals surface area contributed by atoms with Crippen molar-refractivity contribution in [2.75, 3.05) is 6.61 Å². The van der Waals surface area contributed by atoms with Crippen LogP contribution >= 0.6 is 0 Å². The van der Waals surface area contributed by atoms with Crippen LogP contribution in [0.3, 0.4) is 0 Å². The molecule has 0 radical (unpaired) electrons. The van der Waals surface area contributed by atoms with E-state index in [0.29, 0.717) is 19.7 Å². The standard InChI is InChI=1S/C19H20N4O2/c1-3-8-23-13-14(11-22-23)10-21-18(24)9-15-12-20-16-6-5-7-17(19(15)16)25-4-2/h1,5-7,11-13,20H,4,8-10H2,2H3,(H,21,24). The normalized spacial score (nSPS) is 10.6. The number of aromatic nitrogens is 3. The van der Waals surface area contributed by atoms with Crippen molar-refractivity contribution in [3.05, 3.63) is 47.9 Å². The zero-order valence-corrected chi connectivity index (χ0v) is 14.1. The molecule has 2 aromatic heterocycles. The Bertz CT molecular complexity index is 917. The van der Waals surface area contributed by atoms with Gasteiger partial charge in [0.05, 0.1) is 19.2 Å². The van der Waals surface area contributed by atoms with Crippen LogP contribution in [0.25, 0.3) is 10.9 Å². The van der Waals surface area contributed by atoms with Crippen LogP contribution in [-0.2, 0) is 24.3 Å². The second kappa shape index (κ2) is 7.58. The fourth-order valence-electron chi connectivity index (χ4n) is 2.75. The number of hydrogen-bond acceptors (Lipinski definition) is 3. The molecule has 1 amide bonds. The predicted molar refractivity (Wildman–Crippen MR) is 96.1 cm³/mol. The lowest BCUT2D eigenvalue weighted by Crippen LogP contribution is -2.24. The largest absolute Gasteiger partial charge is 0.493 e. The van der Waals surface area contributed by atoms with Crippen molar-refractivity contribution in [2.24, 2.45) is 0 Å². The van der Waals surface area contributed by atoms with Gasteiger partial charge in [0.15, 0.2) is 0 Å². The lowest BCUT2D eigenvalue weighted by Gasteiger charge is -2.07. The maximum atomic E-state index is 12.3. The molecule has 0 spiro atoms. The monoisotopic (exact) mass is 336 g/mol. The second-order valence-electron chi connectivity index (χ2n) is 5.63. The summed E-state index contributed by atoms with van der Waals surface area (Å²) in [6.07, 6.45) is 10.9. The molecule has 3 aromatic rings. The van der Waals surface area contributed by atoms with E-state index in [0.717, 1.165) is 27.8 Å². The highest BCUT2D eigenvalue weighted by atomic mass is 16.5. The Balaban J connectivity index is 1.66. The first-order valence-corrected chi connectivity index (χ1v) is 8.14. The minimum absolute atomic E-state index is 0.0584. The van der Waals surface area contributed by atoms with Crippen LogP contribution < -0.4 is 10.1 Å². The topological polar surface area (TPSA) is 71.9 Å². The van der Waals surface area contributed by atoms with Gasteiger partial charge in [0, 0.05) is 35.4 Å². The fraction of sp³-hybridized carbons (Fsp3) is 0.263. The highest BCUT2D eigenvalue weighted by Crippen LogP contribution is 2.29. The molecule has 6 heteroatoms. The lowest BCUT2D eigenvalue weighted by molar-refractivity contribution is -0.120. The van der Waals surface area contributed by atoms with Gasteiger partial charge in [-0.25, -0.2) is 0 Å². The van der Waals surface area contributed by atoms with Crippen molar-refractivity contribution >= 4 is 16.8 Å². The van der Waals surface area contributed by atoms with Gasteiger partial charge in [-0.15, -0.1) is 6.42 Å². The van der Waals surface area contributed by atoms with E-state index in [-0.39, 0.29) is 12.3 Å². The lowest BCUT2D eigenvalue weighted by atomic mass is 10.1. The number of nitrogens with zero attached hydrogens (tertiary/aromatic N) is 2. The van der Waals surface area contributed by atoms with Gasteiger partial charge in [-0.05, 0) is 24.6 Å². The molecule has 6 nitrogen and oxygen atoms in total.